The first kappa shape index (κ1) is 97.5. The molecule has 3 fully saturated rings. The number of likely N-dealkylation sites (N-methyl/N-ethyl adjacent to an activating group) is 1. The van der Waals surface area contributed by atoms with E-state index in [0.717, 1.165) is 53.6 Å². The van der Waals surface area contributed by atoms with E-state index in [1.807, 2.05) is 25.1 Å². The Labute approximate surface area is 734 Å². The number of ether oxygens (including phenoxy) is 5. The van der Waals surface area contributed by atoms with Crippen molar-refractivity contribution in [2.75, 3.05) is 62.8 Å². The maximum Gasteiger partial charge on any atom is 0.409 e. The first-order chi connectivity index (χ1) is 58.4. The van der Waals surface area contributed by atoms with E-state index in [1.165, 1.54) is 71.3 Å². The molecule has 10 rings (SSSR count). The number of anilines is 1. The summed E-state index contributed by atoms with van der Waals surface area (Å²) in [4.78, 5) is 179. The molecule has 670 valence electrons. The largest absolute Gasteiger partial charge is 0.508 e. The summed E-state index contributed by atoms with van der Waals surface area (Å²) in [5.41, 5.74) is 17.1. The van der Waals surface area contributed by atoms with Crippen LogP contribution in [0.15, 0.2) is 109 Å². The van der Waals surface area contributed by atoms with Gasteiger partial charge in [-0.2, -0.15) is 0 Å². The second kappa shape index (κ2) is 45.0. The normalized spacial score (nSPS) is 26.6. The third kappa shape index (κ3) is 26.6. The third-order valence-electron chi connectivity index (χ3n) is 22.2. The van der Waals surface area contributed by atoms with Gasteiger partial charge in [0, 0.05) is 93.4 Å². The Morgan fingerprint density at radius 1 is 0.813 bits per heavy atom. The molecule has 2 unspecified atom stereocenters. The van der Waals surface area contributed by atoms with Crippen LogP contribution in [-0.2, 0) is 97.4 Å². The number of aromatic nitrogens is 1. The van der Waals surface area contributed by atoms with Crippen LogP contribution in [0.2, 0.25) is 5.02 Å². The number of methoxy groups -OCH3 is 2. The van der Waals surface area contributed by atoms with Gasteiger partial charge in [0.2, 0.25) is 59.1 Å². The Hall–Kier alpha value is -9.35. The lowest BCUT2D eigenvalue weighted by Crippen LogP contribution is -2.72. The number of hydrogen-bond acceptors (Lipinski definition) is 26. The maximum atomic E-state index is 15.1. The van der Waals surface area contributed by atoms with Crippen molar-refractivity contribution in [2.24, 2.45) is 23.1 Å². The van der Waals surface area contributed by atoms with E-state index in [9.17, 15) is 63.3 Å². The number of amides is 11. The summed E-state index contributed by atoms with van der Waals surface area (Å²) in [6, 6.07) is 12.2. The number of carbonyl (C=O) groups is 12. The average molecular weight is 1800 g/mol. The number of nitrogens with zero attached hydrogens (tertiary/aromatic N) is 2. The van der Waals surface area contributed by atoms with Gasteiger partial charge >= 0.3 is 12.1 Å². The Morgan fingerprint density at radius 2 is 1.48 bits per heavy atom. The Balaban J connectivity index is 0.913. The van der Waals surface area contributed by atoms with Crippen LogP contribution in [0.4, 0.5) is 10.5 Å². The number of aromatic amines is 1. The smallest absolute Gasteiger partial charge is 0.409 e. The first-order valence-electron chi connectivity index (χ1n) is 40.6. The number of nitrogens with two attached hydrogens (primary N) is 3. The number of aromatic hydroxyl groups is 1. The number of fused-ring (bicyclic) bond motifs is 8. The lowest BCUT2D eigenvalue weighted by atomic mass is 9.72. The molecule has 0 saturated carbocycles. The van der Waals surface area contributed by atoms with Crippen molar-refractivity contribution in [3.63, 3.8) is 0 Å². The second-order valence-electron chi connectivity index (χ2n) is 31.9. The highest BCUT2D eigenvalue weighted by molar-refractivity contribution is 8.77. The minimum Gasteiger partial charge on any atom is -0.508 e. The summed E-state index contributed by atoms with van der Waals surface area (Å²) in [6.07, 6.45) is 0.356. The van der Waals surface area contributed by atoms with Gasteiger partial charge in [0.1, 0.15) is 94.4 Å². The average Bonchev–Trinajstić information content (AvgIpc) is 0.901. The Bertz CT molecular complexity index is 4590. The zero-order valence-corrected chi connectivity index (χ0v) is 74.1. The molecule has 6 heterocycles. The second-order valence-corrected chi connectivity index (χ2v) is 37.4. The van der Waals surface area contributed by atoms with Crippen LogP contribution in [0.3, 0.4) is 0 Å². The molecule has 18 N–H and O–H groups in total. The number of halogens is 1. The van der Waals surface area contributed by atoms with Gasteiger partial charge in [-0.15, -0.1) is 0 Å². The van der Waals surface area contributed by atoms with Crippen LogP contribution in [0, 0.1) is 5.92 Å². The highest BCUT2D eigenvalue weighted by Crippen LogP contribution is 2.51. The predicted octanol–water partition coefficient (Wildman–Crippen LogP) is 3.93. The number of hydrogen-bond donors (Lipinski definition) is 15. The molecular weight excluding hydrogens is 1690 g/mol. The fraction of sp³-hybridized carbons (Fsp3) is 0.524. The van der Waals surface area contributed by atoms with Crippen molar-refractivity contribution in [3.05, 3.63) is 137 Å². The monoisotopic (exact) mass is 1800 g/mol. The van der Waals surface area contributed by atoms with Crippen molar-refractivity contribution >= 4 is 143 Å². The molecule has 4 aromatic carbocycles. The van der Waals surface area contributed by atoms with Crippen molar-refractivity contribution in [1.82, 2.24) is 52.4 Å². The maximum absolute atomic E-state index is 15.1. The molecule has 0 spiro atoms. The molecule has 1 aromatic heterocycles. The van der Waals surface area contributed by atoms with Crippen LogP contribution >= 0.6 is 54.8 Å². The van der Waals surface area contributed by atoms with Crippen LogP contribution in [0.25, 0.3) is 10.9 Å². The van der Waals surface area contributed by atoms with Crippen molar-refractivity contribution in [3.8, 4) is 11.5 Å². The molecule has 6 bridgehead atoms. The van der Waals surface area contributed by atoms with Crippen molar-refractivity contribution in [1.29, 1.82) is 0 Å². The van der Waals surface area contributed by atoms with E-state index in [4.69, 9.17) is 52.5 Å². The van der Waals surface area contributed by atoms with Gasteiger partial charge in [-0.1, -0.05) is 147 Å². The number of carbonyl (C=O) groups excluding carboxylic acids is 12. The fourth-order valence-corrected chi connectivity index (χ4v) is 19.8. The highest BCUT2D eigenvalue weighted by Gasteiger charge is 2.63. The number of rotatable bonds is 28. The van der Waals surface area contributed by atoms with Gasteiger partial charge in [-0.25, -0.2) is 9.59 Å². The SMILES string of the molecule is COc1cc2cc(c1Cl)N(C)C(=O)C[C@H](OC(=O)[C@H](C)N(C)C(=O)CCSSC[C@H](NC(=O)[C@@H]1CSSC[C@H](NC(=O)[C@H](N)Cc3ccccc3)C(=O)N[C@@H](Cc3ccc(O)cc3)C(=O)N[C@H](Cc3c[nH]c4ccccc34)C(=O)N[C@@H](CCCCCN)C(=O)N[C@@H]([C@@H](C)O)C(=O)N1)C(N)=O)[C@@]1(C)CC(C)(O1)[C@@H]1C[C@@](O)(NC(=O)O1)[C@H](OC)/C=C/CC(C)C2. The molecule has 34 nitrogen and oxygen atoms in total. The summed E-state index contributed by atoms with van der Waals surface area (Å²) >= 11 is 6.91. The number of aliphatic hydroxyl groups excluding tert-OH is 1. The fourth-order valence-electron chi connectivity index (χ4n) is 15.0. The predicted molar refractivity (Wildman–Crippen MR) is 469 cm³/mol. The van der Waals surface area contributed by atoms with E-state index in [2.05, 4.69) is 47.5 Å². The van der Waals surface area contributed by atoms with Gasteiger partial charge in [0.25, 0.3) is 0 Å². The lowest BCUT2D eigenvalue weighted by molar-refractivity contribution is -0.328. The number of unbranched alkanes of at least 4 members (excludes halogenated alkanes) is 2. The lowest BCUT2D eigenvalue weighted by Gasteiger charge is -2.59. The van der Waals surface area contributed by atoms with Gasteiger partial charge in [0.05, 0.1) is 31.4 Å². The zero-order chi connectivity index (χ0) is 89.6. The van der Waals surface area contributed by atoms with Crippen LogP contribution in [0.1, 0.15) is 115 Å². The van der Waals surface area contributed by atoms with E-state index in [-0.39, 0.29) is 84.6 Å². The zero-order valence-electron chi connectivity index (χ0n) is 70.1. The number of aliphatic hydroxyl groups is 2. The molecule has 39 heteroatoms. The molecule has 11 amide bonds. The van der Waals surface area contributed by atoms with Gasteiger partial charge < -0.3 is 108 Å². The number of phenolic OH excluding ortho intramolecular Hbond substituents is 1. The Morgan fingerprint density at radius 3 is 2.16 bits per heavy atom. The van der Waals surface area contributed by atoms with Gasteiger partial charge in [0.15, 0.2) is 5.72 Å². The number of esters is 1. The molecule has 5 aliphatic rings. The number of phenols is 1. The first-order valence-corrected chi connectivity index (χ1v) is 45.9. The van der Waals surface area contributed by atoms with Gasteiger partial charge in [-0.05, 0) is 125 Å². The topological polar surface area (TPSA) is 508 Å². The van der Waals surface area contributed by atoms with Crippen LogP contribution in [-0.4, -0.2) is 250 Å². The quantitative estimate of drug-likeness (QED) is 0.0146. The van der Waals surface area contributed by atoms with E-state index in [0.29, 0.717) is 77.7 Å². The molecule has 123 heavy (non-hydrogen) atoms. The highest BCUT2D eigenvalue weighted by atomic mass is 35.5. The summed E-state index contributed by atoms with van der Waals surface area (Å²) in [5.74, 6) is -9.98. The standard InChI is InChI=1S/C84H113ClN14O20S4/c1-46-19-18-25-65(116-9)84(114)40-67(118-81(113)97-84)83(5)45-82(4,119-83)66(39-69(103)99(7)63-36-51(33-46)37-64(115-8)70(63)85)117-80(112)47(2)98(6)68(102)30-32-120-121-42-60(72(88)104)93-78(110)62-44-123-122-43-61(94-73(105)55(87)34-49-20-12-10-13-21-49)77(109)91-58(35-50-26-28-53(101)29-27-50)75(107)92-59(38-52-41-89-56-23-16-15-22-54(52)56)76(108)90-57(24-14-11-17-31-86)74(106)96-71(48(3)100)79(111)95-62/h10,12-13,15-16,18,20-23,25-29,36-37,41,46-48,55,57-62,65-67,71,89,100-101,114H,11,14,17,19,24,30-35,38-40,42-45,86-87H2,1-9H3,(H2,88,104)(H,90,108)(H,91,109)(H,92,107)(H,93,110)(H,94,105)(H,95,111)(H,96,106)(H,97,113)/b25-18+/t46?,47-,48+,55+,57-,58-,59+,60-,61-,62-,65+,66-,67-,71-,82+,83?,84-/m0/s1. The number of primary amides is 1. The number of benzene rings is 4. The molecule has 5 aromatic rings. The number of allylic oxidation sites excluding steroid dienone is 1. The molecular formula is C84H113ClN14O20S4. The third-order valence-corrected chi connectivity index (χ3v) is 27.4. The van der Waals surface area contributed by atoms with Gasteiger partial charge in [-0.3, -0.25) is 53.3 Å². The number of alkyl carbamates (subject to hydrolysis) is 1. The molecule has 3 saturated heterocycles. The Kier molecular flexibility index (Phi) is 35.7. The minimum absolute atomic E-state index is 0.00461. The van der Waals surface area contributed by atoms with E-state index < -0.39 is 173 Å². The summed E-state index contributed by atoms with van der Waals surface area (Å²) in [5, 5.41) is 55.9. The number of para-hydroxylation sites is 1. The van der Waals surface area contributed by atoms with E-state index in [1.54, 1.807) is 80.7 Å². The van der Waals surface area contributed by atoms with Crippen molar-refractivity contribution < 1.29 is 96.5 Å². The molecule has 5 aliphatic heterocycles. The summed E-state index contributed by atoms with van der Waals surface area (Å²) < 4.78 is 30.0. The summed E-state index contributed by atoms with van der Waals surface area (Å²) in [6.45, 7) is 8.27. The van der Waals surface area contributed by atoms with E-state index >= 15 is 9.59 Å². The molecule has 17 atom stereocenters. The summed E-state index contributed by atoms with van der Waals surface area (Å²) in [7, 11) is 9.78. The molecule has 0 radical (unpaired) electrons. The van der Waals surface area contributed by atoms with Crippen LogP contribution < -0.4 is 69.4 Å². The molecule has 0 aliphatic carbocycles. The van der Waals surface area contributed by atoms with Crippen molar-refractivity contribution in [2.45, 2.75) is 214 Å². The van der Waals surface area contributed by atoms with Crippen LogP contribution in [0.5, 0.6) is 11.5 Å². The number of H-pyrrole nitrogens is 1. The minimum atomic E-state index is -1.95. The number of nitrogens with one attached hydrogen (secondary N) is 9.